The van der Waals surface area contributed by atoms with Gasteiger partial charge in [-0.2, -0.15) is 5.10 Å². The van der Waals surface area contributed by atoms with Gasteiger partial charge in [0.25, 0.3) is 0 Å². The van der Waals surface area contributed by atoms with E-state index in [-0.39, 0.29) is 5.78 Å². The molecule has 0 aliphatic rings. The number of hydrogen-bond donors (Lipinski definition) is 0. The van der Waals surface area contributed by atoms with Crippen molar-refractivity contribution in [3.05, 3.63) is 45.4 Å². The largest absolute Gasteiger partial charge is 0.288 e. The number of thiophene rings is 1. The zero-order valence-electron chi connectivity index (χ0n) is 10.1. The maximum Gasteiger partial charge on any atom is 0.195 e. The molecule has 2 rings (SSSR count). The summed E-state index contributed by atoms with van der Waals surface area (Å²) in [5.74, 6) is 0.0475. The zero-order chi connectivity index (χ0) is 12.4. The highest BCUT2D eigenvalue weighted by Crippen LogP contribution is 2.16. The molecule has 0 atom stereocenters. The summed E-state index contributed by atoms with van der Waals surface area (Å²) in [5, 5.41) is 4.22. The Hall–Kier alpha value is -1.68. The lowest BCUT2D eigenvalue weighted by Crippen LogP contribution is -1.88. The van der Waals surface area contributed by atoms with E-state index in [4.69, 9.17) is 0 Å². The fraction of sp³-hybridized carbons (Fsp3) is 0.231. The van der Waals surface area contributed by atoms with Crippen LogP contribution in [-0.2, 0) is 7.05 Å². The minimum absolute atomic E-state index is 0.0475. The van der Waals surface area contributed by atoms with E-state index in [9.17, 15) is 4.79 Å². The summed E-state index contributed by atoms with van der Waals surface area (Å²) in [6.45, 7) is 3.93. The highest BCUT2D eigenvalue weighted by atomic mass is 32.1. The Labute approximate surface area is 104 Å². The van der Waals surface area contributed by atoms with Crippen LogP contribution >= 0.6 is 11.3 Å². The van der Waals surface area contributed by atoms with Crippen LogP contribution in [0.5, 0.6) is 0 Å². The van der Waals surface area contributed by atoms with Crippen LogP contribution < -0.4 is 0 Å². The van der Waals surface area contributed by atoms with Gasteiger partial charge in [-0.15, -0.1) is 11.3 Å². The molecule has 17 heavy (non-hydrogen) atoms. The molecule has 0 unspecified atom stereocenters. The van der Waals surface area contributed by atoms with Crippen LogP contribution in [0.1, 0.15) is 25.8 Å². The van der Waals surface area contributed by atoms with Gasteiger partial charge in [0.1, 0.15) is 0 Å². The molecule has 2 aromatic heterocycles. The molecule has 0 fully saturated rings. The molecule has 0 radical (unpaired) electrons. The number of rotatable bonds is 3. The van der Waals surface area contributed by atoms with Crippen molar-refractivity contribution in [1.82, 2.24) is 9.78 Å². The normalized spacial score (nSPS) is 11.2. The third kappa shape index (κ3) is 2.71. The summed E-state index contributed by atoms with van der Waals surface area (Å²) in [6.07, 6.45) is 5.33. The van der Waals surface area contributed by atoms with Gasteiger partial charge in [0.15, 0.2) is 5.78 Å². The highest BCUT2D eigenvalue weighted by molar-refractivity contribution is 7.14. The van der Waals surface area contributed by atoms with Crippen molar-refractivity contribution >= 4 is 23.2 Å². The maximum absolute atomic E-state index is 11.8. The van der Waals surface area contributed by atoms with Gasteiger partial charge in [0.2, 0.25) is 0 Å². The Bertz CT molecular complexity index is 578. The number of nitrogens with zero attached hydrogens (tertiary/aromatic N) is 2. The first-order chi connectivity index (χ1) is 8.06. The fourth-order valence-electron chi connectivity index (χ4n) is 1.60. The third-order valence-electron chi connectivity index (χ3n) is 2.45. The summed E-state index contributed by atoms with van der Waals surface area (Å²) < 4.78 is 1.74. The predicted octanol–water partition coefficient (Wildman–Crippen LogP) is 2.99. The summed E-state index contributed by atoms with van der Waals surface area (Å²) >= 11 is 1.52. The van der Waals surface area contributed by atoms with E-state index in [0.29, 0.717) is 0 Å². The Morgan fingerprint density at radius 2 is 2.18 bits per heavy atom. The van der Waals surface area contributed by atoms with Gasteiger partial charge in [0.05, 0.1) is 10.6 Å². The van der Waals surface area contributed by atoms with Gasteiger partial charge in [-0.25, -0.2) is 0 Å². The van der Waals surface area contributed by atoms with Crippen molar-refractivity contribution in [2.75, 3.05) is 0 Å². The van der Waals surface area contributed by atoms with E-state index in [0.717, 1.165) is 21.0 Å². The molecule has 4 heteroatoms. The second-order valence-corrected chi connectivity index (χ2v) is 5.24. The Morgan fingerprint density at radius 1 is 1.41 bits per heavy atom. The molecule has 0 aliphatic heterocycles. The number of allylic oxidation sites excluding steroid dienone is 1. The summed E-state index contributed by atoms with van der Waals surface area (Å²) in [6, 6.07) is 3.82. The topological polar surface area (TPSA) is 34.9 Å². The van der Waals surface area contributed by atoms with Crippen LogP contribution in [0.25, 0.3) is 6.08 Å². The van der Waals surface area contributed by atoms with E-state index >= 15 is 0 Å². The number of aromatic nitrogens is 2. The molecule has 0 saturated carbocycles. The molecule has 0 saturated heterocycles. The number of ketones is 1. The summed E-state index contributed by atoms with van der Waals surface area (Å²) in [7, 11) is 1.87. The van der Waals surface area contributed by atoms with Gasteiger partial charge in [-0.3, -0.25) is 9.48 Å². The maximum atomic E-state index is 11.8. The first-order valence-corrected chi connectivity index (χ1v) is 6.17. The molecule has 0 aromatic carbocycles. The molecule has 0 bridgehead atoms. The first-order valence-electron chi connectivity index (χ1n) is 5.35. The Balaban J connectivity index is 2.16. The van der Waals surface area contributed by atoms with Crippen LogP contribution in [0.2, 0.25) is 0 Å². The van der Waals surface area contributed by atoms with Gasteiger partial charge < -0.3 is 0 Å². The van der Waals surface area contributed by atoms with Crippen LogP contribution in [0.15, 0.2) is 24.4 Å². The molecule has 88 valence electrons. The smallest absolute Gasteiger partial charge is 0.195 e. The minimum atomic E-state index is 0.0475. The molecular weight excluding hydrogens is 232 g/mol. The summed E-state index contributed by atoms with van der Waals surface area (Å²) in [5.41, 5.74) is 1.91. The predicted molar refractivity (Wildman–Crippen MR) is 70.4 cm³/mol. The second-order valence-electron chi connectivity index (χ2n) is 3.95. The molecular formula is C13H14N2OS. The molecule has 0 spiro atoms. The zero-order valence-corrected chi connectivity index (χ0v) is 10.9. The van der Waals surface area contributed by atoms with E-state index in [1.165, 1.54) is 11.3 Å². The van der Waals surface area contributed by atoms with E-state index in [2.05, 4.69) is 5.10 Å². The van der Waals surface area contributed by atoms with Gasteiger partial charge in [0, 0.05) is 23.7 Å². The first kappa shape index (κ1) is 11.8. The van der Waals surface area contributed by atoms with Crippen molar-refractivity contribution in [3.63, 3.8) is 0 Å². The second kappa shape index (κ2) is 4.67. The highest BCUT2D eigenvalue weighted by Gasteiger charge is 2.05. The lowest BCUT2D eigenvalue weighted by molar-refractivity contribution is 0.105. The average Bonchev–Trinajstić information content (AvgIpc) is 2.82. The number of aryl methyl sites for hydroxylation is 3. The van der Waals surface area contributed by atoms with Crippen LogP contribution in [-0.4, -0.2) is 15.6 Å². The molecule has 2 aromatic rings. The monoisotopic (exact) mass is 246 g/mol. The van der Waals surface area contributed by atoms with Crippen molar-refractivity contribution in [2.45, 2.75) is 13.8 Å². The molecule has 0 aliphatic carbocycles. The van der Waals surface area contributed by atoms with Gasteiger partial charge in [-0.1, -0.05) is 0 Å². The molecule has 0 N–H and O–H groups in total. The molecule has 3 nitrogen and oxygen atoms in total. The van der Waals surface area contributed by atoms with Gasteiger partial charge >= 0.3 is 0 Å². The van der Waals surface area contributed by atoms with Crippen LogP contribution in [0, 0.1) is 13.8 Å². The van der Waals surface area contributed by atoms with Crippen molar-refractivity contribution in [2.24, 2.45) is 7.05 Å². The fourth-order valence-corrected chi connectivity index (χ4v) is 2.38. The minimum Gasteiger partial charge on any atom is -0.288 e. The Morgan fingerprint density at radius 3 is 2.71 bits per heavy atom. The molecule has 2 heterocycles. The molecule has 0 amide bonds. The lowest BCUT2D eigenvalue weighted by atomic mass is 10.2. The quantitative estimate of drug-likeness (QED) is 0.616. The van der Waals surface area contributed by atoms with Gasteiger partial charge in [-0.05, 0) is 38.1 Å². The SMILES string of the molecule is Cc1ccc(C(=O)/C=C/c2cn(C)nc2C)s1. The Kier molecular flexibility index (Phi) is 3.24. The van der Waals surface area contributed by atoms with E-state index < -0.39 is 0 Å². The standard InChI is InChI=1S/C13H14N2OS/c1-9-4-7-13(17-9)12(16)6-5-11-8-15(3)14-10(11)2/h4-8H,1-3H3/b6-5+. The number of carbonyl (C=O) groups is 1. The summed E-state index contributed by atoms with van der Waals surface area (Å²) in [4.78, 5) is 13.8. The van der Waals surface area contributed by atoms with Crippen LogP contribution in [0.4, 0.5) is 0 Å². The van der Waals surface area contributed by atoms with E-state index in [1.807, 2.05) is 45.3 Å². The van der Waals surface area contributed by atoms with Crippen molar-refractivity contribution in [1.29, 1.82) is 0 Å². The number of carbonyl (C=O) groups excluding carboxylic acids is 1. The van der Waals surface area contributed by atoms with Crippen molar-refractivity contribution in [3.8, 4) is 0 Å². The number of hydrogen-bond acceptors (Lipinski definition) is 3. The van der Waals surface area contributed by atoms with Crippen LogP contribution in [0.3, 0.4) is 0 Å². The van der Waals surface area contributed by atoms with E-state index in [1.54, 1.807) is 10.8 Å². The lowest BCUT2D eigenvalue weighted by Gasteiger charge is -1.89. The van der Waals surface area contributed by atoms with Crippen molar-refractivity contribution < 1.29 is 4.79 Å². The average molecular weight is 246 g/mol. The third-order valence-corrected chi connectivity index (χ3v) is 3.46.